The van der Waals surface area contributed by atoms with Gasteiger partial charge < -0.3 is 10.9 Å². The largest absolute Gasteiger partial charge is 0.313 e. The van der Waals surface area contributed by atoms with Crippen molar-refractivity contribution >= 4 is 24.0 Å². The molecule has 0 saturated heterocycles. The van der Waals surface area contributed by atoms with Crippen molar-refractivity contribution < 1.29 is 0 Å². The molecule has 0 spiro atoms. The Morgan fingerprint density at radius 3 is 2.00 bits per heavy atom. The summed E-state index contributed by atoms with van der Waals surface area (Å²) >= 11 is 5.90. The van der Waals surface area contributed by atoms with Gasteiger partial charge in [-0.3, -0.25) is 0 Å². The molecule has 5 nitrogen and oxygen atoms in total. The molecule has 1 aromatic rings. The lowest BCUT2D eigenvalue weighted by Crippen LogP contribution is -2.00. The van der Waals surface area contributed by atoms with E-state index in [2.05, 4.69) is 26.0 Å². The molecule has 1 heterocycles. The number of hydrogen-bond donors (Lipinski definition) is 2. The Bertz CT molecular complexity index is 343. The minimum Gasteiger partial charge on any atom is -0.313 e. The Hall–Kier alpha value is -1.62. The summed E-state index contributed by atoms with van der Waals surface area (Å²) in [6.07, 6.45) is 3.17. The van der Waals surface area contributed by atoms with E-state index in [4.69, 9.17) is 11.6 Å². The van der Waals surface area contributed by atoms with Crippen molar-refractivity contribution in [3.05, 3.63) is 28.5 Å². The molecule has 2 N–H and O–H groups in total. The van der Waals surface area contributed by atoms with E-state index in [0.717, 1.165) is 0 Å². The van der Waals surface area contributed by atoms with Gasteiger partial charge in [-0.1, -0.05) is 11.6 Å². The lowest BCUT2D eigenvalue weighted by atomic mass is 10.3. The van der Waals surface area contributed by atoms with E-state index in [1.807, 2.05) is 0 Å². The third-order valence-electron chi connectivity index (χ3n) is 1.48. The van der Waals surface area contributed by atoms with Crippen molar-refractivity contribution in [3.8, 4) is 0 Å². The molecule has 80 valence electrons. The minimum atomic E-state index is 0.597. The summed E-state index contributed by atoms with van der Waals surface area (Å²) in [5.41, 5.74) is 6.63. The first kappa shape index (κ1) is 11.5. The molecule has 0 saturated carbocycles. The zero-order valence-corrected chi connectivity index (χ0v) is 9.28. The molecular formula is C9H12ClN5. The molecule has 0 aromatic carbocycles. The number of hydrazone groups is 2. The summed E-state index contributed by atoms with van der Waals surface area (Å²) in [5, 5.41) is 8.29. The Morgan fingerprint density at radius 1 is 1.13 bits per heavy atom. The number of nitrogens with zero attached hydrogens (tertiary/aromatic N) is 3. The van der Waals surface area contributed by atoms with Crippen LogP contribution >= 0.6 is 11.6 Å². The zero-order valence-electron chi connectivity index (χ0n) is 8.53. The van der Waals surface area contributed by atoms with Crippen LogP contribution in [0.2, 0.25) is 5.02 Å². The highest BCUT2D eigenvalue weighted by Crippen LogP contribution is 2.09. The summed E-state index contributed by atoms with van der Waals surface area (Å²) in [6, 6.07) is 3.44. The van der Waals surface area contributed by atoms with Gasteiger partial charge in [0.05, 0.1) is 23.8 Å². The fourth-order valence-electron chi connectivity index (χ4n) is 0.931. The van der Waals surface area contributed by atoms with Gasteiger partial charge in [0, 0.05) is 19.1 Å². The first-order chi connectivity index (χ1) is 7.26. The summed E-state index contributed by atoms with van der Waals surface area (Å²) in [7, 11) is 3.43. The second-order valence-electron chi connectivity index (χ2n) is 2.60. The maximum absolute atomic E-state index is 5.90. The van der Waals surface area contributed by atoms with Crippen LogP contribution in [0.5, 0.6) is 0 Å². The molecule has 0 aliphatic rings. The number of rotatable bonds is 4. The van der Waals surface area contributed by atoms with E-state index in [1.165, 1.54) is 0 Å². The van der Waals surface area contributed by atoms with Crippen LogP contribution < -0.4 is 10.9 Å². The van der Waals surface area contributed by atoms with Crippen molar-refractivity contribution in [2.75, 3.05) is 14.1 Å². The summed E-state index contributed by atoms with van der Waals surface area (Å²) < 4.78 is 0. The van der Waals surface area contributed by atoms with E-state index in [1.54, 1.807) is 38.7 Å². The van der Waals surface area contributed by atoms with Crippen molar-refractivity contribution in [2.24, 2.45) is 10.2 Å². The van der Waals surface area contributed by atoms with Crippen LogP contribution in [0.3, 0.4) is 0 Å². The number of nitrogens with one attached hydrogen (secondary N) is 2. The third kappa shape index (κ3) is 3.95. The zero-order chi connectivity index (χ0) is 11.1. The van der Waals surface area contributed by atoms with Crippen LogP contribution in [0.4, 0.5) is 0 Å². The molecule has 0 aliphatic heterocycles. The van der Waals surface area contributed by atoms with E-state index in [9.17, 15) is 0 Å². The average Bonchev–Trinajstić information content (AvgIpc) is 2.23. The molecule has 0 bridgehead atoms. The quantitative estimate of drug-likeness (QED) is 0.590. The lowest BCUT2D eigenvalue weighted by molar-refractivity contribution is 0.904. The van der Waals surface area contributed by atoms with Crippen LogP contribution in [-0.2, 0) is 0 Å². The van der Waals surface area contributed by atoms with E-state index in [0.29, 0.717) is 16.4 Å². The van der Waals surface area contributed by atoms with Gasteiger partial charge in [0.25, 0.3) is 0 Å². The normalized spacial score (nSPS) is 11.1. The number of halogens is 1. The van der Waals surface area contributed by atoms with E-state index in [-0.39, 0.29) is 0 Å². The standard InChI is InChI=1S/C9H12ClN5/c1-11-13-5-8-3-7(10)4-9(15-8)6-14-12-2/h3-6,11-12H,1-2H3. The topological polar surface area (TPSA) is 61.7 Å². The highest BCUT2D eigenvalue weighted by molar-refractivity contribution is 6.31. The van der Waals surface area contributed by atoms with Crippen LogP contribution in [0.15, 0.2) is 22.3 Å². The Kier molecular flexibility index (Phi) is 4.56. The summed E-state index contributed by atoms with van der Waals surface area (Å²) in [4.78, 5) is 4.25. The molecule has 0 radical (unpaired) electrons. The smallest absolute Gasteiger partial charge is 0.0852 e. The number of aromatic nitrogens is 1. The van der Waals surface area contributed by atoms with Gasteiger partial charge in [-0.2, -0.15) is 10.2 Å². The maximum atomic E-state index is 5.90. The van der Waals surface area contributed by atoms with Gasteiger partial charge >= 0.3 is 0 Å². The second-order valence-corrected chi connectivity index (χ2v) is 3.04. The highest BCUT2D eigenvalue weighted by Gasteiger charge is 1.97. The van der Waals surface area contributed by atoms with Crippen LogP contribution in [0, 0.1) is 0 Å². The SMILES string of the molecule is CNN=Cc1cc(Cl)cc(C=NNC)n1. The Morgan fingerprint density at radius 2 is 1.60 bits per heavy atom. The summed E-state index contributed by atoms with van der Waals surface area (Å²) in [5.74, 6) is 0. The van der Waals surface area contributed by atoms with Crippen LogP contribution in [0.1, 0.15) is 11.4 Å². The highest BCUT2D eigenvalue weighted by atomic mass is 35.5. The first-order valence-corrected chi connectivity index (χ1v) is 4.71. The summed E-state index contributed by atoms with van der Waals surface area (Å²) in [6.45, 7) is 0. The maximum Gasteiger partial charge on any atom is 0.0852 e. The molecule has 0 fully saturated rings. The molecule has 15 heavy (non-hydrogen) atoms. The van der Waals surface area contributed by atoms with Crippen LogP contribution in [-0.4, -0.2) is 31.5 Å². The van der Waals surface area contributed by atoms with Gasteiger partial charge in [0.15, 0.2) is 0 Å². The Balaban J connectivity index is 2.94. The molecular weight excluding hydrogens is 214 g/mol. The predicted molar refractivity (Wildman–Crippen MR) is 62.6 cm³/mol. The van der Waals surface area contributed by atoms with Gasteiger partial charge in [-0.05, 0) is 12.1 Å². The van der Waals surface area contributed by atoms with E-state index >= 15 is 0 Å². The van der Waals surface area contributed by atoms with Gasteiger partial charge in [-0.15, -0.1) is 0 Å². The fourth-order valence-corrected chi connectivity index (χ4v) is 1.16. The molecule has 6 heteroatoms. The van der Waals surface area contributed by atoms with Crippen molar-refractivity contribution in [2.45, 2.75) is 0 Å². The van der Waals surface area contributed by atoms with Crippen molar-refractivity contribution in [3.63, 3.8) is 0 Å². The number of pyridine rings is 1. The Labute approximate surface area is 93.2 Å². The lowest BCUT2D eigenvalue weighted by Gasteiger charge is -1.97. The van der Waals surface area contributed by atoms with Gasteiger partial charge in [0.1, 0.15) is 0 Å². The van der Waals surface area contributed by atoms with E-state index < -0.39 is 0 Å². The predicted octanol–water partition coefficient (Wildman–Crippen LogP) is 0.842. The third-order valence-corrected chi connectivity index (χ3v) is 1.70. The first-order valence-electron chi connectivity index (χ1n) is 4.33. The molecule has 0 aliphatic carbocycles. The fraction of sp³-hybridized carbons (Fsp3) is 0.222. The second kappa shape index (κ2) is 5.98. The molecule has 0 unspecified atom stereocenters. The molecule has 0 atom stereocenters. The van der Waals surface area contributed by atoms with Crippen molar-refractivity contribution in [1.29, 1.82) is 0 Å². The number of hydrogen-bond acceptors (Lipinski definition) is 5. The molecule has 0 amide bonds. The average molecular weight is 226 g/mol. The van der Waals surface area contributed by atoms with Crippen LogP contribution in [0.25, 0.3) is 0 Å². The minimum absolute atomic E-state index is 0.597. The molecule has 1 rings (SSSR count). The van der Waals surface area contributed by atoms with Crippen molar-refractivity contribution in [1.82, 2.24) is 15.8 Å². The van der Waals surface area contributed by atoms with Gasteiger partial charge in [-0.25, -0.2) is 4.98 Å². The van der Waals surface area contributed by atoms with Gasteiger partial charge in [0.2, 0.25) is 0 Å². The molecule has 1 aromatic heterocycles. The monoisotopic (exact) mass is 225 g/mol.